The predicted molar refractivity (Wildman–Crippen MR) is 102 cm³/mol. The van der Waals surface area contributed by atoms with E-state index in [1.807, 2.05) is 55.6 Å². The Morgan fingerprint density at radius 1 is 1.15 bits per heavy atom. The van der Waals surface area contributed by atoms with Gasteiger partial charge in [0.05, 0.1) is 18.3 Å². The molecule has 0 saturated heterocycles. The van der Waals surface area contributed by atoms with E-state index in [1.54, 1.807) is 6.20 Å². The second-order valence-electron chi connectivity index (χ2n) is 6.10. The highest BCUT2D eigenvalue weighted by Gasteiger charge is 2.08. The molecule has 0 unspecified atom stereocenters. The molecule has 134 valence electrons. The van der Waals surface area contributed by atoms with Crippen molar-refractivity contribution in [2.24, 2.45) is 0 Å². The van der Waals surface area contributed by atoms with E-state index < -0.39 is 0 Å². The third-order valence-corrected chi connectivity index (χ3v) is 4.67. The molecule has 3 rings (SSSR count). The number of aromatic nitrogens is 2. The van der Waals surface area contributed by atoms with Gasteiger partial charge in [-0.2, -0.15) is 0 Å². The van der Waals surface area contributed by atoms with Crippen molar-refractivity contribution in [1.29, 1.82) is 0 Å². The molecule has 2 heterocycles. The quantitative estimate of drug-likeness (QED) is 0.693. The smallest absolute Gasteiger partial charge is 0.226 e. The summed E-state index contributed by atoms with van der Waals surface area (Å²) in [4.78, 5) is 20.7. The Hall–Kier alpha value is -2.73. The third-order valence-electron chi connectivity index (χ3n) is 3.80. The van der Waals surface area contributed by atoms with Gasteiger partial charge in [0.2, 0.25) is 5.91 Å². The maximum absolute atomic E-state index is 12.1. The Labute approximate surface area is 157 Å². The van der Waals surface area contributed by atoms with Crippen LogP contribution in [0.3, 0.4) is 0 Å². The zero-order valence-corrected chi connectivity index (χ0v) is 15.7. The number of ether oxygens (including phenoxy) is 1. The summed E-state index contributed by atoms with van der Waals surface area (Å²) in [5, 5.41) is 5.67. The largest absolute Gasteiger partial charge is 0.485 e. The maximum Gasteiger partial charge on any atom is 0.226 e. The number of amides is 1. The third kappa shape index (κ3) is 5.39. The van der Waals surface area contributed by atoms with Gasteiger partial charge in [-0.25, -0.2) is 4.98 Å². The van der Waals surface area contributed by atoms with Crippen LogP contribution in [0.4, 0.5) is 0 Å². The normalized spacial score (nSPS) is 10.5. The van der Waals surface area contributed by atoms with E-state index in [9.17, 15) is 4.79 Å². The summed E-state index contributed by atoms with van der Waals surface area (Å²) in [6, 6.07) is 11.9. The lowest BCUT2D eigenvalue weighted by Gasteiger charge is -2.05. The van der Waals surface area contributed by atoms with Crippen molar-refractivity contribution in [3.8, 4) is 5.75 Å². The molecule has 1 N–H and O–H groups in total. The second kappa shape index (κ2) is 8.58. The van der Waals surface area contributed by atoms with E-state index in [2.05, 4.69) is 15.3 Å². The summed E-state index contributed by atoms with van der Waals surface area (Å²) in [6.45, 7) is 4.88. The van der Waals surface area contributed by atoms with E-state index in [-0.39, 0.29) is 12.3 Å². The van der Waals surface area contributed by atoms with Gasteiger partial charge in [0, 0.05) is 17.6 Å². The van der Waals surface area contributed by atoms with E-state index >= 15 is 0 Å². The molecular formula is C20H21N3O2S. The lowest BCUT2D eigenvalue weighted by Crippen LogP contribution is -2.24. The van der Waals surface area contributed by atoms with Crippen LogP contribution >= 0.6 is 11.3 Å². The average Bonchev–Trinajstić information content (AvgIpc) is 3.08. The molecule has 1 aromatic carbocycles. The summed E-state index contributed by atoms with van der Waals surface area (Å²) in [7, 11) is 0. The first kappa shape index (κ1) is 18.1. The van der Waals surface area contributed by atoms with Crippen molar-refractivity contribution in [3.05, 3.63) is 75.5 Å². The number of benzene rings is 1. The van der Waals surface area contributed by atoms with Gasteiger partial charge in [0.1, 0.15) is 17.4 Å². The Balaban J connectivity index is 1.45. The number of pyridine rings is 1. The summed E-state index contributed by atoms with van der Waals surface area (Å²) < 4.78 is 5.67. The monoisotopic (exact) mass is 367 g/mol. The zero-order chi connectivity index (χ0) is 18.4. The van der Waals surface area contributed by atoms with Crippen molar-refractivity contribution in [3.63, 3.8) is 0 Å². The molecule has 0 aliphatic carbocycles. The first-order chi connectivity index (χ1) is 12.6. The minimum atomic E-state index is -0.0360. The van der Waals surface area contributed by atoms with Gasteiger partial charge in [-0.1, -0.05) is 29.8 Å². The van der Waals surface area contributed by atoms with E-state index in [0.717, 1.165) is 22.0 Å². The number of nitrogens with zero attached hydrogens (tertiary/aromatic N) is 2. The number of nitrogens with one attached hydrogen (secondary N) is 1. The van der Waals surface area contributed by atoms with Crippen molar-refractivity contribution < 1.29 is 9.53 Å². The van der Waals surface area contributed by atoms with Crippen LogP contribution in [-0.4, -0.2) is 15.9 Å². The molecule has 2 aromatic heterocycles. The molecule has 0 aliphatic heterocycles. The van der Waals surface area contributed by atoms with E-state index in [4.69, 9.17) is 4.74 Å². The lowest BCUT2D eigenvalue weighted by molar-refractivity contribution is -0.120. The van der Waals surface area contributed by atoms with Crippen LogP contribution in [0, 0.1) is 13.8 Å². The maximum atomic E-state index is 12.1. The molecule has 0 radical (unpaired) electrons. The first-order valence-corrected chi connectivity index (χ1v) is 9.27. The van der Waals surface area contributed by atoms with Gasteiger partial charge in [-0.15, -0.1) is 11.3 Å². The average molecular weight is 367 g/mol. The SMILES string of the molecule is Cc1ccc(CNC(=O)Cc2csc(COc3ccc(C)nc3)n2)cc1. The van der Waals surface area contributed by atoms with Crippen molar-refractivity contribution in [2.45, 2.75) is 33.4 Å². The fourth-order valence-corrected chi connectivity index (χ4v) is 3.02. The minimum Gasteiger partial charge on any atom is -0.485 e. The Morgan fingerprint density at radius 2 is 1.96 bits per heavy atom. The number of carbonyl (C=O) groups is 1. The molecule has 26 heavy (non-hydrogen) atoms. The summed E-state index contributed by atoms with van der Waals surface area (Å²) in [5.41, 5.74) is 4.00. The van der Waals surface area contributed by atoms with Crippen LogP contribution in [0.25, 0.3) is 0 Å². The van der Waals surface area contributed by atoms with Gasteiger partial charge in [-0.05, 0) is 31.5 Å². The van der Waals surface area contributed by atoms with Crippen molar-refractivity contribution in [2.75, 3.05) is 0 Å². The number of hydrogen-bond donors (Lipinski definition) is 1. The fraction of sp³-hybridized carbons (Fsp3) is 0.250. The minimum absolute atomic E-state index is 0.0360. The lowest BCUT2D eigenvalue weighted by atomic mass is 10.1. The molecular weight excluding hydrogens is 346 g/mol. The Kier molecular flexibility index (Phi) is 5.96. The molecule has 1 amide bonds. The molecule has 0 bridgehead atoms. The fourth-order valence-electron chi connectivity index (χ4n) is 2.31. The van der Waals surface area contributed by atoms with Crippen LogP contribution in [0.5, 0.6) is 5.75 Å². The number of rotatable bonds is 7. The van der Waals surface area contributed by atoms with E-state index in [1.165, 1.54) is 16.9 Å². The molecule has 0 atom stereocenters. The Morgan fingerprint density at radius 3 is 2.69 bits per heavy atom. The predicted octanol–water partition coefficient (Wildman–Crippen LogP) is 3.59. The number of thiazole rings is 1. The van der Waals surface area contributed by atoms with Crippen molar-refractivity contribution >= 4 is 17.2 Å². The first-order valence-electron chi connectivity index (χ1n) is 8.39. The van der Waals surface area contributed by atoms with Crippen LogP contribution in [0.1, 0.15) is 27.5 Å². The molecule has 3 aromatic rings. The molecule has 5 nitrogen and oxygen atoms in total. The molecule has 0 saturated carbocycles. The van der Waals surface area contributed by atoms with Gasteiger partial charge in [0.25, 0.3) is 0 Å². The van der Waals surface area contributed by atoms with Crippen molar-refractivity contribution in [1.82, 2.24) is 15.3 Å². The van der Waals surface area contributed by atoms with Crippen LogP contribution in [-0.2, 0) is 24.4 Å². The highest BCUT2D eigenvalue weighted by atomic mass is 32.1. The van der Waals surface area contributed by atoms with Gasteiger partial charge < -0.3 is 10.1 Å². The molecule has 0 spiro atoms. The topological polar surface area (TPSA) is 64.1 Å². The van der Waals surface area contributed by atoms with Gasteiger partial charge in [-0.3, -0.25) is 9.78 Å². The van der Waals surface area contributed by atoms with Crippen LogP contribution in [0.2, 0.25) is 0 Å². The highest BCUT2D eigenvalue weighted by molar-refractivity contribution is 7.09. The van der Waals surface area contributed by atoms with Crippen LogP contribution in [0.15, 0.2) is 48.0 Å². The molecule has 0 aliphatic rings. The molecule has 6 heteroatoms. The number of aryl methyl sites for hydroxylation is 2. The zero-order valence-electron chi connectivity index (χ0n) is 14.9. The van der Waals surface area contributed by atoms with Crippen LogP contribution < -0.4 is 10.1 Å². The highest BCUT2D eigenvalue weighted by Crippen LogP contribution is 2.15. The summed E-state index contributed by atoms with van der Waals surface area (Å²) in [5.74, 6) is 0.675. The summed E-state index contributed by atoms with van der Waals surface area (Å²) >= 11 is 1.49. The number of hydrogen-bond acceptors (Lipinski definition) is 5. The molecule has 0 fully saturated rings. The number of carbonyl (C=O) groups excluding carboxylic acids is 1. The Bertz CT molecular complexity index is 858. The van der Waals surface area contributed by atoms with Gasteiger partial charge in [0.15, 0.2) is 0 Å². The van der Waals surface area contributed by atoms with Gasteiger partial charge >= 0.3 is 0 Å². The standard InChI is InChI=1S/C20H21N3O2S/c1-14-3-6-16(7-4-14)10-22-19(24)9-17-13-26-20(23-17)12-25-18-8-5-15(2)21-11-18/h3-8,11,13H,9-10,12H2,1-2H3,(H,22,24). The summed E-state index contributed by atoms with van der Waals surface area (Å²) in [6.07, 6.45) is 1.97. The van der Waals surface area contributed by atoms with E-state index in [0.29, 0.717) is 18.9 Å². The second-order valence-corrected chi connectivity index (χ2v) is 7.04.